The van der Waals surface area contributed by atoms with Gasteiger partial charge in [0.25, 0.3) is 0 Å². The van der Waals surface area contributed by atoms with Gasteiger partial charge in [0.05, 0.1) is 19.1 Å². The van der Waals surface area contributed by atoms with Crippen LogP contribution in [0.1, 0.15) is 36.9 Å². The molecule has 27 heavy (non-hydrogen) atoms. The lowest BCUT2D eigenvalue weighted by atomic mass is 10.0. The second kappa shape index (κ2) is 8.91. The number of nitrogens with one attached hydrogen (secondary N) is 1. The summed E-state index contributed by atoms with van der Waals surface area (Å²) in [6.45, 7) is 2.85. The Morgan fingerprint density at radius 3 is 2.63 bits per heavy atom. The molecule has 1 atom stereocenters. The first-order chi connectivity index (χ1) is 13.1. The molecule has 0 unspecified atom stereocenters. The summed E-state index contributed by atoms with van der Waals surface area (Å²) < 4.78 is 4.95. The molecule has 1 heterocycles. The van der Waals surface area contributed by atoms with Gasteiger partial charge in [0, 0.05) is 17.3 Å². The lowest BCUT2D eigenvalue weighted by Gasteiger charge is -2.26. The minimum Gasteiger partial charge on any atom is -0.466 e. The van der Waals surface area contributed by atoms with Crippen molar-refractivity contribution in [1.29, 1.82) is 0 Å². The number of ether oxygens (including phenoxy) is 1. The van der Waals surface area contributed by atoms with Crippen LogP contribution in [0.15, 0.2) is 48.5 Å². The molecule has 1 aliphatic heterocycles. The van der Waals surface area contributed by atoms with Gasteiger partial charge in [0.15, 0.2) is 0 Å². The summed E-state index contributed by atoms with van der Waals surface area (Å²) in [5.74, 6) is -0.256. The summed E-state index contributed by atoms with van der Waals surface area (Å²) in [4.78, 5) is 26.1. The topological polar surface area (TPSA) is 58.6 Å². The second-order valence-electron chi connectivity index (χ2n) is 6.48. The van der Waals surface area contributed by atoms with Crippen LogP contribution in [0.3, 0.4) is 0 Å². The first-order valence-corrected chi connectivity index (χ1v) is 9.53. The fourth-order valence-corrected chi connectivity index (χ4v) is 3.62. The highest BCUT2D eigenvalue weighted by Crippen LogP contribution is 2.35. The number of carbonyl (C=O) groups is 2. The first-order valence-electron chi connectivity index (χ1n) is 9.15. The van der Waals surface area contributed by atoms with Gasteiger partial charge in [-0.05, 0) is 49.1 Å². The Bertz CT molecular complexity index is 807. The highest BCUT2D eigenvalue weighted by molar-refractivity contribution is 6.31. The molecule has 1 saturated heterocycles. The molecular weight excluding hydrogens is 364 g/mol. The summed E-state index contributed by atoms with van der Waals surface area (Å²) >= 11 is 6.32. The molecule has 0 radical (unpaired) electrons. The number of esters is 1. The molecule has 6 heteroatoms. The minimum absolute atomic E-state index is 0.0122. The highest BCUT2D eigenvalue weighted by Gasteiger charge is 2.31. The van der Waals surface area contributed by atoms with Gasteiger partial charge < -0.3 is 15.0 Å². The Kier molecular flexibility index (Phi) is 6.35. The van der Waals surface area contributed by atoms with E-state index in [2.05, 4.69) is 5.32 Å². The van der Waals surface area contributed by atoms with Crippen molar-refractivity contribution in [3.63, 3.8) is 0 Å². The van der Waals surface area contributed by atoms with Crippen LogP contribution in [-0.2, 0) is 16.0 Å². The molecule has 0 saturated carbocycles. The third-order valence-corrected chi connectivity index (χ3v) is 4.98. The van der Waals surface area contributed by atoms with E-state index in [1.807, 2.05) is 41.3 Å². The third-order valence-electron chi connectivity index (χ3n) is 4.64. The molecule has 0 aliphatic carbocycles. The van der Waals surface area contributed by atoms with Gasteiger partial charge in [-0.25, -0.2) is 4.79 Å². The highest BCUT2D eigenvalue weighted by atomic mass is 35.5. The van der Waals surface area contributed by atoms with E-state index in [4.69, 9.17) is 16.3 Å². The zero-order chi connectivity index (χ0) is 19.2. The van der Waals surface area contributed by atoms with Crippen LogP contribution in [-0.4, -0.2) is 30.1 Å². The van der Waals surface area contributed by atoms with Gasteiger partial charge in [0.2, 0.25) is 0 Å². The van der Waals surface area contributed by atoms with E-state index in [-0.39, 0.29) is 24.5 Å². The number of carbonyl (C=O) groups excluding carboxylic acids is 2. The summed E-state index contributed by atoms with van der Waals surface area (Å²) in [6, 6.07) is 14.7. The van der Waals surface area contributed by atoms with Crippen LogP contribution >= 0.6 is 11.6 Å². The molecule has 0 spiro atoms. The SMILES string of the molecule is CCOC(=O)Cc1ccc(NC(=O)N2CCC[C@@H]2c2ccccc2Cl)cc1. The molecule has 1 aliphatic rings. The molecule has 142 valence electrons. The molecule has 2 aromatic rings. The smallest absolute Gasteiger partial charge is 0.322 e. The van der Waals surface area contributed by atoms with Crippen molar-refractivity contribution >= 4 is 29.3 Å². The van der Waals surface area contributed by atoms with Crippen molar-refractivity contribution in [3.8, 4) is 0 Å². The van der Waals surface area contributed by atoms with Crippen LogP contribution in [0.25, 0.3) is 0 Å². The van der Waals surface area contributed by atoms with Crippen molar-refractivity contribution in [2.24, 2.45) is 0 Å². The number of hydrogen-bond donors (Lipinski definition) is 1. The number of rotatable bonds is 5. The van der Waals surface area contributed by atoms with Crippen molar-refractivity contribution in [2.45, 2.75) is 32.2 Å². The predicted octanol–water partition coefficient (Wildman–Crippen LogP) is 4.81. The minimum atomic E-state index is -0.256. The normalized spacial score (nSPS) is 16.2. The van der Waals surface area contributed by atoms with E-state index in [1.54, 1.807) is 19.1 Å². The number of amides is 2. The van der Waals surface area contributed by atoms with E-state index in [1.165, 1.54) is 0 Å². The van der Waals surface area contributed by atoms with Gasteiger partial charge in [-0.1, -0.05) is 41.9 Å². The molecule has 2 amide bonds. The zero-order valence-electron chi connectivity index (χ0n) is 15.3. The van der Waals surface area contributed by atoms with Crippen LogP contribution < -0.4 is 5.32 Å². The summed E-state index contributed by atoms with van der Waals surface area (Å²) in [5, 5.41) is 3.62. The maximum absolute atomic E-state index is 12.8. The molecule has 5 nitrogen and oxygen atoms in total. The standard InChI is InChI=1S/C21H23ClN2O3/c1-2-27-20(25)14-15-9-11-16(12-10-15)23-21(26)24-13-5-8-19(24)17-6-3-4-7-18(17)22/h3-4,6-7,9-12,19H,2,5,8,13-14H2,1H3,(H,23,26)/t19-/m1/s1. The van der Waals surface area contributed by atoms with Crippen LogP contribution in [0, 0.1) is 0 Å². The largest absolute Gasteiger partial charge is 0.466 e. The van der Waals surface area contributed by atoms with Crippen LogP contribution in [0.5, 0.6) is 0 Å². The number of urea groups is 1. The van der Waals surface area contributed by atoms with E-state index in [0.717, 1.165) is 24.0 Å². The fourth-order valence-electron chi connectivity index (χ4n) is 3.36. The molecule has 0 bridgehead atoms. The van der Waals surface area contributed by atoms with E-state index < -0.39 is 0 Å². The lowest BCUT2D eigenvalue weighted by molar-refractivity contribution is -0.142. The van der Waals surface area contributed by atoms with Gasteiger partial charge in [-0.3, -0.25) is 4.79 Å². The fraction of sp³-hybridized carbons (Fsp3) is 0.333. The first kappa shape index (κ1) is 19.2. The Balaban J connectivity index is 1.64. The quantitative estimate of drug-likeness (QED) is 0.750. The van der Waals surface area contributed by atoms with Crippen molar-refractivity contribution in [1.82, 2.24) is 4.90 Å². The van der Waals surface area contributed by atoms with Crippen molar-refractivity contribution < 1.29 is 14.3 Å². The average molecular weight is 387 g/mol. The molecular formula is C21H23ClN2O3. The summed E-state index contributed by atoms with van der Waals surface area (Å²) in [5.41, 5.74) is 2.52. The average Bonchev–Trinajstić information content (AvgIpc) is 3.13. The van der Waals surface area contributed by atoms with E-state index in [9.17, 15) is 9.59 Å². The molecule has 3 rings (SSSR count). The molecule has 0 aromatic heterocycles. The summed E-state index contributed by atoms with van der Waals surface area (Å²) in [6.07, 6.45) is 2.07. The maximum atomic E-state index is 12.8. The number of likely N-dealkylation sites (tertiary alicyclic amines) is 1. The number of hydrogen-bond acceptors (Lipinski definition) is 3. The van der Waals surface area contributed by atoms with Crippen molar-refractivity contribution in [3.05, 3.63) is 64.7 Å². The predicted molar refractivity (Wildman–Crippen MR) is 106 cm³/mol. The van der Waals surface area contributed by atoms with Gasteiger partial charge in [-0.15, -0.1) is 0 Å². The number of anilines is 1. The number of benzene rings is 2. The Morgan fingerprint density at radius 1 is 1.19 bits per heavy atom. The zero-order valence-corrected chi connectivity index (χ0v) is 16.0. The lowest BCUT2D eigenvalue weighted by Crippen LogP contribution is -2.34. The molecule has 2 aromatic carbocycles. The van der Waals surface area contributed by atoms with Crippen LogP contribution in [0.2, 0.25) is 5.02 Å². The molecule has 1 N–H and O–H groups in total. The Hall–Kier alpha value is -2.53. The third kappa shape index (κ3) is 4.80. The summed E-state index contributed by atoms with van der Waals surface area (Å²) in [7, 11) is 0. The van der Waals surface area contributed by atoms with Gasteiger partial charge >= 0.3 is 12.0 Å². The molecule has 1 fully saturated rings. The van der Waals surface area contributed by atoms with Gasteiger partial charge in [0.1, 0.15) is 0 Å². The maximum Gasteiger partial charge on any atom is 0.322 e. The van der Waals surface area contributed by atoms with Gasteiger partial charge in [-0.2, -0.15) is 0 Å². The second-order valence-corrected chi connectivity index (χ2v) is 6.89. The van der Waals surface area contributed by atoms with E-state index >= 15 is 0 Å². The van der Waals surface area contributed by atoms with E-state index in [0.29, 0.717) is 23.9 Å². The Morgan fingerprint density at radius 2 is 1.93 bits per heavy atom. The Labute approximate surface area is 164 Å². The monoisotopic (exact) mass is 386 g/mol. The van der Waals surface area contributed by atoms with Crippen molar-refractivity contribution in [2.75, 3.05) is 18.5 Å². The van der Waals surface area contributed by atoms with Crippen LogP contribution in [0.4, 0.5) is 10.5 Å². The number of halogens is 1. The number of nitrogens with zero attached hydrogens (tertiary/aromatic N) is 1.